The molecule has 18 heavy (non-hydrogen) atoms. The smallest absolute Gasteiger partial charge is 0.154 e. The molecular weight excluding hydrogens is 293 g/mol. The molecule has 0 fully saturated rings. The molecule has 98 valence electrons. The molecule has 1 unspecified atom stereocenters. The molecule has 2 aromatic rings. The Morgan fingerprint density at radius 3 is 2.61 bits per heavy atom. The predicted molar refractivity (Wildman–Crippen MR) is 78.0 cm³/mol. The van der Waals surface area contributed by atoms with Gasteiger partial charge in [-0.2, -0.15) is 0 Å². The zero-order valence-electron chi connectivity index (χ0n) is 10.2. The second-order valence-corrected chi connectivity index (χ2v) is 5.41. The van der Waals surface area contributed by atoms with Gasteiger partial charge >= 0.3 is 0 Å². The fourth-order valence-corrected chi connectivity index (χ4v) is 2.51. The van der Waals surface area contributed by atoms with E-state index in [4.69, 9.17) is 39.2 Å². The van der Waals surface area contributed by atoms with Gasteiger partial charge in [-0.15, -0.1) is 0 Å². The van der Waals surface area contributed by atoms with E-state index in [-0.39, 0.29) is 6.04 Å². The van der Waals surface area contributed by atoms with Crippen molar-refractivity contribution in [2.24, 2.45) is 0 Å². The SMILES string of the molecule is CCCNC(C)c1cc2c(Cl)c(Cl)cc(Cl)c2o1. The summed E-state index contributed by atoms with van der Waals surface area (Å²) in [4.78, 5) is 0. The van der Waals surface area contributed by atoms with E-state index < -0.39 is 0 Å². The Morgan fingerprint density at radius 2 is 1.94 bits per heavy atom. The fourth-order valence-electron chi connectivity index (χ4n) is 1.79. The van der Waals surface area contributed by atoms with E-state index in [0.29, 0.717) is 20.7 Å². The number of benzene rings is 1. The van der Waals surface area contributed by atoms with E-state index in [1.807, 2.05) is 13.0 Å². The molecule has 0 bridgehead atoms. The maximum absolute atomic E-state index is 6.15. The van der Waals surface area contributed by atoms with E-state index in [2.05, 4.69) is 12.2 Å². The molecule has 2 rings (SSSR count). The number of halogens is 3. The van der Waals surface area contributed by atoms with Crippen LogP contribution in [0.3, 0.4) is 0 Å². The van der Waals surface area contributed by atoms with E-state index in [1.54, 1.807) is 6.07 Å². The zero-order chi connectivity index (χ0) is 13.3. The molecule has 1 N–H and O–H groups in total. The first-order chi connectivity index (χ1) is 8.54. The maximum Gasteiger partial charge on any atom is 0.154 e. The van der Waals surface area contributed by atoms with Crippen LogP contribution >= 0.6 is 34.8 Å². The van der Waals surface area contributed by atoms with E-state index in [1.165, 1.54) is 0 Å². The van der Waals surface area contributed by atoms with Gasteiger partial charge in [-0.05, 0) is 32.0 Å². The van der Waals surface area contributed by atoms with Gasteiger partial charge in [0.05, 0.1) is 21.1 Å². The largest absolute Gasteiger partial charge is 0.458 e. The van der Waals surface area contributed by atoms with Crippen molar-refractivity contribution in [1.82, 2.24) is 5.32 Å². The molecular formula is C13H14Cl3NO. The molecule has 1 aromatic heterocycles. The van der Waals surface area contributed by atoms with Crippen LogP contribution < -0.4 is 5.32 Å². The quantitative estimate of drug-likeness (QED) is 0.759. The average molecular weight is 307 g/mol. The highest BCUT2D eigenvalue weighted by atomic mass is 35.5. The highest BCUT2D eigenvalue weighted by molar-refractivity contribution is 6.47. The maximum atomic E-state index is 6.15. The van der Waals surface area contributed by atoms with Gasteiger partial charge in [-0.25, -0.2) is 0 Å². The first kappa shape index (κ1) is 14.0. The topological polar surface area (TPSA) is 25.2 Å². The predicted octanol–water partition coefficient (Wildman–Crippen LogP) is 5.45. The van der Waals surface area contributed by atoms with Crippen molar-refractivity contribution >= 4 is 45.8 Å². The highest BCUT2D eigenvalue weighted by Crippen LogP contribution is 2.38. The number of hydrogen-bond acceptors (Lipinski definition) is 2. The Bertz CT molecular complexity index is 565. The van der Waals surface area contributed by atoms with E-state index >= 15 is 0 Å². The fraction of sp³-hybridized carbons (Fsp3) is 0.385. The standard InChI is InChI=1S/C13H14Cl3NO/c1-3-4-17-7(2)11-5-8-12(16)9(14)6-10(15)13(8)18-11/h5-7,17H,3-4H2,1-2H3. The molecule has 2 nitrogen and oxygen atoms in total. The second-order valence-electron chi connectivity index (χ2n) is 4.22. The van der Waals surface area contributed by atoms with Crippen molar-refractivity contribution in [3.8, 4) is 0 Å². The van der Waals surface area contributed by atoms with E-state index in [9.17, 15) is 0 Å². The van der Waals surface area contributed by atoms with E-state index in [0.717, 1.165) is 24.1 Å². The molecule has 0 spiro atoms. The van der Waals surface area contributed by atoms with Crippen LogP contribution in [0.15, 0.2) is 16.5 Å². The highest BCUT2D eigenvalue weighted by Gasteiger charge is 2.16. The van der Waals surface area contributed by atoms with Crippen LogP contribution in [0.1, 0.15) is 32.1 Å². The van der Waals surface area contributed by atoms with Crippen LogP contribution in [0.5, 0.6) is 0 Å². The summed E-state index contributed by atoms with van der Waals surface area (Å²) >= 11 is 18.2. The first-order valence-corrected chi connectivity index (χ1v) is 6.98. The summed E-state index contributed by atoms with van der Waals surface area (Å²) in [6.45, 7) is 5.09. The van der Waals surface area contributed by atoms with Crippen molar-refractivity contribution in [3.63, 3.8) is 0 Å². The molecule has 1 aromatic carbocycles. The lowest BCUT2D eigenvalue weighted by Crippen LogP contribution is -2.18. The summed E-state index contributed by atoms with van der Waals surface area (Å²) in [6.07, 6.45) is 1.07. The van der Waals surface area contributed by atoms with Crippen LogP contribution in [0.2, 0.25) is 15.1 Å². The Kier molecular flexibility index (Phi) is 4.44. The van der Waals surface area contributed by atoms with Crippen molar-refractivity contribution in [3.05, 3.63) is 33.0 Å². The van der Waals surface area contributed by atoms with Crippen molar-refractivity contribution < 1.29 is 4.42 Å². The summed E-state index contributed by atoms with van der Waals surface area (Å²) in [6, 6.07) is 3.61. The molecule has 0 amide bonds. The van der Waals surface area contributed by atoms with Crippen molar-refractivity contribution in [2.45, 2.75) is 26.3 Å². The van der Waals surface area contributed by atoms with Gasteiger partial charge in [-0.3, -0.25) is 0 Å². The Hall–Kier alpha value is -0.410. The minimum atomic E-state index is 0.114. The lowest BCUT2D eigenvalue weighted by Gasteiger charge is -2.09. The van der Waals surface area contributed by atoms with Crippen LogP contribution in [0.4, 0.5) is 0 Å². The molecule has 1 atom stereocenters. The number of hydrogen-bond donors (Lipinski definition) is 1. The molecule has 0 aliphatic carbocycles. The van der Waals surface area contributed by atoms with Gasteiger partial charge in [0.25, 0.3) is 0 Å². The Labute approximate surface area is 121 Å². The number of furan rings is 1. The Balaban J connectivity index is 2.44. The zero-order valence-corrected chi connectivity index (χ0v) is 12.5. The van der Waals surface area contributed by atoms with Gasteiger partial charge in [0.15, 0.2) is 5.58 Å². The molecule has 0 saturated heterocycles. The van der Waals surface area contributed by atoms with Crippen LogP contribution in [-0.2, 0) is 0 Å². The second kappa shape index (κ2) is 5.70. The Morgan fingerprint density at radius 1 is 1.22 bits per heavy atom. The molecule has 0 saturated carbocycles. The minimum absolute atomic E-state index is 0.114. The van der Waals surface area contributed by atoms with Gasteiger partial charge in [-0.1, -0.05) is 41.7 Å². The van der Waals surface area contributed by atoms with Crippen LogP contribution in [0.25, 0.3) is 11.0 Å². The van der Waals surface area contributed by atoms with Gasteiger partial charge < -0.3 is 9.73 Å². The third kappa shape index (κ3) is 2.62. The number of nitrogens with one attached hydrogen (secondary N) is 1. The summed E-state index contributed by atoms with van der Waals surface area (Å²) < 4.78 is 5.76. The molecule has 0 aliphatic heterocycles. The molecule has 5 heteroatoms. The van der Waals surface area contributed by atoms with Gasteiger partial charge in [0.1, 0.15) is 5.76 Å². The summed E-state index contributed by atoms with van der Waals surface area (Å²) in [5, 5.41) is 5.51. The summed E-state index contributed by atoms with van der Waals surface area (Å²) in [5.41, 5.74) is 0.589. The van der Waals surface area contributed by atoms with Crippen LogP contribution in [0, 0.1) is 0 Å². The van der Waals surface area contributed by atoms with Gasteiger partial charge in [0, 0.05) is 5.39 Å². The molecule has 0 radical (unpaired) electrons. The number of rotatable bonds is 4. The summed E-state index contributed by atoms with van der Waals surface area (Å²) in [5.74, 6) is 0.810. The van der Waals surface area contributed by atoms with Crippen LogP contribution in [-0.4, -0.2) is 6.54 Å². The van der Waals surface area contributed by atoms with Crippen molar-refractivity contribution in [1.29, 1.82) is 0 Å². The third-order valence-electron chi connectivity index (χ3n) is 2.79. The average Bonchev–Trinajstić information content (AvgIpc) is 2.79. The van der Waals surface area contributed by atoms with Crippen molar-refractivity contribution in [2.75, 3.05) is 6.54 Å². The first-order valence-electron chi connectivity index (χ1n) is 5.85. The molecule has 1 heterocycles. The summed E-state index contributed by atoms with van der Waals surface area (Å²) in [7, 11) is 0. The number of fused-ring (bicyclic) bond motifs is 1. The minimum Gasteiger partial charge on any atom is -0.458 e. The molecule has 0 aliphatic rings. The lowest BCUT2D eigenvalue weighted by atomic mass is 10.2. The normalized spacial score (nSPS) is 13.2. The third-order valence-corrected chi connectivity index (χ3v) is 3.88. The van der Waals surface area contributed by atoms with Gasteiger partial charge in [0.2, 0.25) is 0 Å². The monoisotopic (exact) mass is 305 g/mol. The lowest BCUT2D eigenvalue weighted by molar-refractivity contribution is 0.452.